The summed E-state index contributed by atoms with van der Waals surface area (Å²) in [7, 11) is 1.54. The maximum atomic E-state index is 13.1. The van der Waals surface area contributed by atoms with Crippen molar-refractivity contribution in [2.45, 2.75) is 25.1 Å². The fourth-order valence-electron chi connectivity index (χ4n) is 3.05. The number of carbonyl (C=O) groups is 1. The van der Waals surface area contributed by atoms with Crippen LogP contribution in [0.3, 0.4) is 0 Å². The molecule has 0 aliphatic rings. The molecule has 152 valence electrons. The Morgan fingerprint density at radius 3 is 2.62 bits per heavy atom. The van der Waals surface area contributed by atoms with E-state index in [1.54, 1.807) is 25.6 Å². The SMILES string of the molecule is COC(CNC(=O)[C@@H](N)Cc1cn(Cc2ccccc2)cn1)c1ccc(F)cc1. The third-order valence-electron chi connectivity index (χ3n) is 4.65. The minimum absolute atomic E-state index is 0.247. The van der Waals surface area contributed by atoms with Crippen molar-refractivity contribution in [3.63, 3.8) is 0 Å². The summed E-state index contributed by atoms with van der Waals surface area (Å²) >= 11 is 0. The molecule has 2 aromatic carbocycles. The van der Waals surface area contributed by atoms with E-state index in [1.165, 1.54) is 17.7 Å². The number of carbonyl (C=O) groups excluding carboxylic acids is 1. The van der Waals surface area contributed by atoms with Crippen molar-refractivity contribution in [2.24, 2.45) is 5.73 Å². The van der Waals surface area contributed by atoms with Gasteiger partial charge in [-0.2, -0.15) is 0 Å². The Morgan fingerprint density at radius 2 is 1.93 bits per heavy atom. The summed E-state index contributed by atoms with van der Waals surface area (Å²) in [6.45, 7) is 0.958. The summed E-state index contributed by atoms with van der Waals surface area (Å²) < 4.78 is 20.4. The average molecular weight is 396 g/mol. The number of imidazole rings is 1. The molecule has 0 spiro atoms. The molecule has 0 fully saturated rings. The normalized spacial score (nSPS) is 13.1. The molecule has 0 saturated carbocycles. The molecule has 6 nitrogen and oxygen atoms in total. The smallest absolute Gasteiger partial charge is 0.237 e. The van der Waals surface area contributed by atoms with E-state index in [9.17, 15) is 9.18 Å². The summed E-state index contributed by atoms with van der Waals surface area (Å²) in [5.74, 6) is -0.604. The molecule has 2 atom stereocenters. The number of hydrogen-bond acceptors (Lipinski definition) is 4. The van der Waals surface area contributed by atoms with Crippen molar-refractivity contribution >= 4 is 5.91 Å². The number of nitrogens with one attached hydrogen (secondary N) is 1. The van der Waals surface area contributed by atoms with E-state index in [0.29, 0.717) is 13.0 Å². The van der Waals surface area contributed by atoms with Crippen LogP contribution < -0.4 is 11.1 Å². The third-order valence-corrected chi connectivity index (χ3v) is 4.65. The second kappa shape index (κ2) is 9.95. The number of aromatic nitrogens is 2. The number of nitrogens with zero attached hydrogens (tertiary/aromatic N) is 2. The Kier molecular flexibility index (Phi) is 7.10. The van der Waals surface area contributed by atoms with Crippen molar-refractivity contribution in [3.05, 3.63) is 89.8 Å². The Balaban J connectivity index is 1.50. The average Bonchev–Trinajstić information content (AvgIpc) is 3.16. The number of hydrogen-bond donors (Lipinski definition) is 2. The quantitative estimate of drug-likeness (QED) is 0.582. The molecule has 0 aliphatic carbocycles. The molecule has 3 N–H and O–H groups in total. The first kappa shape index (κ1) is 20.7. The molecule has 3 aromatic rings. The predicted molar refractivity (Wildman–Crippen MR) is 109 cm³/mol. The maximum Gasteiger partial charge on any atom is 0.237 e. The highest BCUT2D eigenvalue weighted by atomic mass is 19.1. The van der Waals surface area contributed by atoms with Gasteiger partial charge in [-0.25, -0.2) is 9.37 Å². The van der Waals surface area contributed by atoms with E-state index in [0.717, 1.165) is 11.3 Å². The van der Waals surface area contributed by atoms with Crippen molar-refractivity contribution in [1.29, 1.82) is 0 Å². The van der Waals surface area contributed by atoms with Gasteiger partial charge in [-0.15, -0.1) is 0 Å². The van der Waals surface area contributed by atoms with Gasteiger partial charge in [-0.1, -0.05) is 42.5 Å². The van der Waals surface area contributed by atoms with Crippen LogP contribution in [0.5, 0.6) is 0 Å². The minimum Gasteiger partial charge on any atom is -0.375 e. The highest BCUT2D eigenvalue weighted by Crippen LogP contribution is 2.16. The molecule has 0 saturated heterocycles. The number of methoxy groups -OCH3 is 1. The van der Waals surface area contributed by atoms with Crippen LogP contribution in [0, 0.1) is 5.82 Å². The minimum atomic E-state index is -0.721. The first-order valence-corrected chi connectivity index (χ1v) is 9.41. The molecule has 1 unspecified atom stereocenters. The van der Waals surface area contributed by atoms with Crippen molar-refractivity contribution < 1.29 is 13.9 Å². The zero-order valence-electron chi connectivity index (χ0n) is 16.3. The van der Waals surface area contributed by atoms with E-state index >= 15 is 0 Å². The van der Waals surface area contributed by atoms with Crippen molar-refractivity contribution in [2.75, 3.05) is 13.7 Å². The number of amides is 1. The van der Waals surface area contributed by atoms with Gasteiger partial charge < -0.3 is 20.4 Å². The fraction of sp³-hybridized carbons (Fsp3) is 0.273. The largest absolute Gasteiger partial charge is 0.375 e. The zero-order chi connectivity index (χ0) is 20.6. The monoisotopic (exact) mass is 396 g/mol. The number of nitrogens with two attached hydrogens (primary N) is 1. The van der Waals surface area contributed by atoms with Gasteiger partial charge in [0.15, 0.2) is 0 Å². The van der Waals surface area contributed by atoms with E-state index in [1.807, 2.05) is 41.1 Å². The van der Waals surface area contributed by atoms with E-state index in [-0.39, 0.29) is 24.4 Å². The Labute approximate surface area is 169 Å². The number of ether oxygens (including phenoxy) is 1. The zero-order valence-corrected chi connectivity index (χ0v) is 16.3. The van der Waals surface area contributed by atoms with Gasteiger partial charge in [0.1, 0.15) is 5.82 Å². The van der Waals surface area contributed by atoms with Crippen LogP contribution in [0.4, 0.5) is 4.39 Å². The lowest BCUT2D eigenvalue weighted by molar-refractivity contribution is -0.122. The first-order chi connectivity index (χ1) is 14.0. The summed E-state index contributed by atoms with van der Waals surface area (Å²) in [6, 6.07) is 15.3. The highest BCUT2D eigenvalue weighted by molar-refractivity contribution is 5.81. The fourth-order valence-corrected chi connectivity index (χ4v) is 3.05. The van der Waals surface area contributed by atoms with Gasteiger partial charge in [0.25, 0.3) is 0 Å². The summed E-state index contributed by atoms with van der Waals surface area (Å²) in [5.41, 5.74) is 8.75. The van der Waals surface area contributed by atoms with E-state index < -0.39 is 6.04 Å². The van der Waals surface area contributed by atoms with Crippen LogP contribution in [-0.2, 0) is 22.5 Å². The molecule has 1 aromatic heterocycles. The summed E-state index contributed by atoms with van der Waals surface area (Å²) in [5, 5.41) is 2.80. The van der Waals surface area contributed by atoms with Gasteiger partial charge in [0, 0.05) is 32.8 Å². The Bertz CT molecular complexity index is 912. The van der Waals surface area contributed by atoms with Crippen LogP contribution in [0.2, 0.25) is 0 Å². The molecule has 7 heteroatoms. The van der Waals surface area contributed by atoms with Crippen LogP contribution in [0.15, 0.2) is 67.1 Å². The van der Waals surface area contributed by atoms with Crippen LogP contribution in [-0.4, -0.2) is 35.2 Å². The second-order valence-electron chi connectivity index (χ2n) is 6.85. The van der Waals surface area contributed by atoms with Crippen LogP contribution >= 0.6 is 0 Å². The molecular weight excluding hydrogens is 371 g/mol. The lowest BCUT2D eigenvalue weighted by Crippen LogP contribution is -2.43. The van der Waals surface area contributed by atoms with Gasteiger partial charge in [0.05, 0.1) is 24.2 Å². The predicted octanol–water partition coefficient (Wildman–Crippen LogP) is 2.44. The Morgan fingerprint density at radius 1 is 1.21 bits per heavy atom. The first-order valence-electron chi connectivity index (χ1n) is 9.41. The molecule has 29 heavy (non-hydrogen) atoms. The summed E-state index contributed by atoms with van der Waals surface area (Å²) in [4.78, 5) is 16.7. The summed E-state index contributed by atoms with van der Waals surface area (Å²) in [6.07, 6.45) is 3.60. The van der Waals surface area contributed by atoms with Gasteiger partial charge in [-0.3, -0.25) is 4.79 Å². The van der Waals surface area contributed by atoms with Crippen LogP contribution in [0.25, 0.3) is 0 Å². The Hall–Kier alpha value is -3.03. The number of benzene rings is 2. The van der Waals surface area contributed by atoms with E-state index in [4.69, 9.17) is 10.5 Å². The van der Waals surface area contributed by atoms with Crippen molar-refractivity contribution in [3.8, 4) is 0 Å². The topological polar surface area (TPSA) is 82.2 Å². The highest BCUT2D eigenvalue weighted by Gasteiger charge is 2.18. The lowest BCUT2D eigenvalue weighted by Gasteiger charge is -2.18. The van der Waals surface area contributed by atoms with Gasteiger partial charge in [-0.05, 0) is 23.3 Å². The molecule has 0 radical (unpaired) electrons. The number of rotatable bonds is 9. The van der Waals surface area contributed by atoms with Gasteiger partial charge >= 0.3 is 0 Å². The lowest BCUT2D eigenvalue weighted by atomic mass is 10.1. The molecule has 1 heterocycles. The molecule has 1 amide bonds. The van der Waals surface area contributed by atoms with Crippen molar-refractivity contribution in [1.82, 2.24) is 14.9 Å². The molecule has 0 aliphatic heterocycles. The molecule has 0 bridgehead atoms. The number of halogens is 1. The third kappa shape index (κ3) is 5.97. The molecule has 3 rings (SSSR count). The van der Waals surface area contributed by atoms with Crippen LogP contribution in [0.1, 0.15) is 22.9 Å². The van der Waals surface area contributed by atoms with E-state index in [2.05, 4.69) is 10.3 Å². The van der Waals surface area contributed by atoms with Gasteiger partial charge in [0.2, 0.25) is 5.91 Å². The molecular formula is C22H25FN4O2. The standard InChI is InChI=1S/C22H25FN4O2/c1-29-21(17-7-9-18(23)10-8-17)12-25-22(28)20(24)11-19-14-27(15-26-19)13-16-5-3-2-4-6-16/h2-10,14-15,20-21H,11-13,24H2,1H3,(H,25,28)/t20-,21?/m0/s1. The maximum absolute atomic E-state index is 13.1. The second-order valence-corrected chi connectivity index (χ2v) is 6.85.